The van der Waals surface area contributed by atoms with Crippen LogP contribution in [0.15, 0.2) is 34.2 Å². The second-order valence-electron chi connectivity index (χ2n) is 5.93. The largest absolute Gasteiger partial charge is 0.383 e. The zero-order valence-electron chi connectivity index (χ0n) is 14.4. The average Bonchev–Trinajstić information content (AvgIpc) is 3.26. The summed E-state index contributed by atoms with van der Waals surface area (Å²) in [6.07, 6.45) is 1.15. The first-order chi connectivity index (χ1) is 11.5. The Labute approximate surface area is 143 Å². The second-order valence-corrected chi connectivity index (χ2v) is 7.69. The van der Waals surface area contributed by atoms with Crippen LogP contribution in [0.2, 0.25) is 0 Å². The Morgan fingerprint density at radius 2 is 2.17 bits per heavy atom. The van der Waals surface area contributed by atoms with Crippen LogP contribution in [-0.2, 0) is 21.3 Å². The fourth-order valence-corrected chi connectivity index (χ4v) is 3.35. The summed E-state index contributed by atoms with van der Waals surface area (Å²) in [6.45, 7) is 3.28. The fourth-order valence-electron chi connectivity index (χ4n) is 2.26. The van der Waals surface area contributed by atoms with Crippen LogP contribution < -0.4 is 15.4 Å². The predicted octanol–water partition coefficient (Wildman–Crippen LogP) is 0.685. The quantitative estimate of drug-likeness (QED) is 0.363. The van der Waals surface area contributed by atoms with Gasteiger partial charge < -0.3 is 15.4 Å². The van der Waals surface area contributed by atoms with Crippen LogP contribution in [0.1, 0.15) is 18.9 Å². The third-order valence-corrected chi connectivity index (χ3v) is 5.38. The average molecular weight is 354 g/mol. The third-order valence-electron chi connectivity index (χ3n) is 3.92. The Balaban J connectivity index is 1.94. The number of guanidine groups is 1. The van der Waals surface area contributed by atoms with Crippen LogP contribution in [0, 0.1) is 5.92 Å². The zero-order valence-corrected chi connectivity index (χ0v) is 15.2. The van der Waals surface area contributed by atoms with E-state index in [0.29, 0.717) is 25.1 Å². The molecule has 2 rings (SSSR count). The zero-order chi connectivity index (χ0) is 17.6. The molecule has 2 atom stereocenters. The molecule has 134 valence electrons. The second kappa shape index (κ2) is 8.46. The van der Waals surface area contributed by atoms with Crippen molar-refractivity contribution in [3.05, 3.63) is 29.8 Å². The van der Waals surface area contributed by atoms with Crippen molar-refractivity contribution in [2.75, 3.05) is 27.3 Å². The highest BCUT2D eigenvalue weighted by atomic mass is 32.2. The van der Waals surface area contributed by atoms with Crippen molar-refractivity contribution >= 4 is 16.0 Å². The molecule has 24 heavy (non-hydrogen) atoms. The van der Waals surface area contributed by atoms with E-state index in [1.165, 1.54) is 7.11 Å². The Kier molecular flexibility index (Phi) is 6.59. The van der Waals surface area contributed by atoms with E-state index in [4.69, 9.17) is 4.74 Å². The Hall–Kier alpha value is -1.64. The SMILES string of the molecule is CN=C(NCc1cccc(S(=O)(=O)NCCOC)c1)NC1CC1C. The van der Waals surface area contributed by atoms with Gasteiger partial charge in [-0.2, -0.15) is 0 Å². The third kappa shape index (κ3) is 5.47. The highest BCUT2D eigenvalue weighted by Crippen LogP contribution is 2.28. The summed E-state index contributed by atoms with van der Waals surface area (Å²) >= 11 is 0. The van der Waals surface area contributed by atoms with Crippen LogP contribution in [-0.4, -0.2) is 47.7 Å². The lowest BCUT2D eigenvalue weighted by molar-refractivity contribution is 0.204. The molecule has 0 radical (unpaired) electrons. The lowest BCUT2D eigenvalue weighted by atomic mass is 10.2. The number of hydrogen-bond acceptors (Lipinski definition) is 4. The molecule has 1 aromatic rings. The van der Waals surface area contributed by atoms with E-state index in [-0.39, 0.29) is 11.4 Å². The van der Waals surface area contributed by atoms with Crippen LogP contribution in [0.5, 0.6) is 0 Å². The van der Waals surface area contributed by atoms with E-state index in [2.05, 4.69) is 27.3 Å². The maximum absolute atomic E-state index is 12.2. The monoisotopic (exact) mass is 354 g/mol. The molecule has 0 aliphatic heterocycles. The van der Waals surface area contributed by atoms with Crippen LogP contribution >= 0.6 is 0 Å². The molecule has 1 aliphatic carbocycles. The first-order valence-electron chi connectivity index (χ1n) is 8.01. The van der Waals surface area contributed by atoms with Crippen molar-refractivity contribution in [3.63, 3.8) is 0 Å². The standard InChI is InChI=1S/C16H26N4O3S/c1-12-9-15(12)20-16(17-2)18-11-13-5-4-6-14(10-13)24(21,22)19-7-8-23-3/h4-6,10,12,15,19H,7-9,11H2,1-3H3,(H2,17,18,20). The summed E-state index contributed by atoms with van der Waals surface area (Å²) in [5.74, 6) is 1.41. The van der Waals surface area contributed by atoms with E-state index in [9.17, 15) is 8.42 Å². The van der Waals surface area contributed by atoms with E-state index in [1.54, 1.807) is 25.2 Å². The Bertz CT molecular complexity index is 676. The van der Waals surface area contributed by atoms with Crippen LogP contribution in [0.4, 0.5) is 0 Å². The molecule has 0 heterocycles. The molecule has 2 unspecified atom stereocenters. The van der Waals surface area contributed by atoms with Gasteiger partial charge in [0, 0.05) is 33.3 Å². The molecule has 3 N–H and O–H groups in total. The van der Waals surface area contributed by atoms with Gasteiger partial charge in [-0.25, -0.2) is 13.1 Å². The summed E-state index contributed by atoms with van der Waals surface area (Å²) in [5, 5.41) is 6.55. The minimum absolute atomic E-state index is 0.247. The van der Waals surface area contributed by atoms with E-state index in [0.717, 1.165) is 17.9 Å². The first-order valence-corrected chi connectivity index (χ1v) is 9.49. The summed E-state index contributed by atoms with van der Waals surface area (Å²) in [7, 11) is -0.262. The van der Waals surface area contributed by atoms with Gasteiger partial charge in [0.05, 0.1) is 11.5 Å². The number of hydrogen-bond donors (Lipinski definition) is 3. The number of nitrogens with zero attached hydrogens (tertiary/aromatic N) is 1. The van der Waals surface area contributed by atoms with E-state index in [1.807, 2.05) is 6.07 Å². The topological polar surface area (TPSA) is 91.8 Å². The highest BCUT2D eigenvalue weighted by Gasteiger charge is 2.33. The molecular weight excluding hydrogens is 328 g/mol. The molecule has 1 saturated carbocycles. The minimum Gasteiger partial charge on any atom is -0.383 e. The molecule has 1 aliphatic rings. The molecule has 0 aromatic heterocycles. The molecule has 0 bridgehead atoms. The van der Waals surface area contributed by atoms with Gasteiger partial charge >= 0.3 is 0 Å². The van der Waals surface area contributed by atoms with Gasteiger partial charge in [-0.15, -0.1) is 0 Å². The summed E-state index contributed by atoms with van der Waals surface area (Å²) in [4.78, 5) is 4.44. The number of methoxy groups -OCH3 is 1. The fraction of sp³-hybridized carbons (Fsp3) is 0.562. The van der Waals surface area contributed by atoms with Crippen molar-refractivity contribution in [3.8, 4) is 0 Å². The maximum atomic E-state index is 12.2. The lowest BCUT2D eigenvalue weighted by Gasteiger charge is -2.12. The number of ether oxygens (including phenoxy) is 1. The van der Waals surface area contributed by atoms with Crippen molar-refractivity contribution in [2.24, 2.45) is 10.9 Å². The number of rotatable bonds is 8. The van der Waals surface area contributed by atoms with Crippen LogP contribution in [0.3, 0.4) is 0 Å². The molecule has 0 amide bonds. The summed E-state index contributed by atoms with van der Waals surface area (Å²) in [6, 6.07) is 7.34. The normalized spacial score (nSPS) is 20.7. The van der Waals surface area contributed by atoms with E-state index >= 15 is 0 Å². The first kappa shape index (κ1) is 18.7. The van der Waals surface area contributed by atoms with Gasteiger partial charge in [-0.3, -0.25) is 4.99 Å². The molecule has 7 nitrogen and oxygen atoms in total. The number of aliphatic imine (C=N–C) groups is 1. The van der Waals surface area contributed by atoms with Gasteiger partial charge in [0.1, 0.15) is 0 Å². The summed E-state index contributed by atoms with van der Waals surface area (Å²) in [5.41, 5.74) is 0.872. The predicted molar refractivity (Wildman–Crippen MR) is 94.4 cm³/mol. The van der Waals surface area contributed by atoms with Crippen molar-refractivity contribution in [1.29, 1.82) is 0 Å². The lowest BCUT2D eigenvalue weighted by Crippen LogP contribution is -2.38. The van der Waals surface area contributed by atoms with Crippen molar-refractivity contribution in [2.45, 2.75) is 30.8 Å². The van der Waals surface area contributed by atoms with E-state index < -0.39 is 10.0 Å². The maximum Gasteiger partial charge on any atom is 0.240 e. The number of nitrogens with one attached hydrogen (secondary N) is 3. The van der Waals surface area contributed by atoms with Gasteiger partial charge in [0.25, 0.3) is 0 Å². The molecular formula is C16H26N4O3S. The smallest absolute Gasteiger partial charge is 0.240 e. The molecule has 1 aromatic carbocycles. The number of benzene rings is 1. The van der Waals surface area contributed by atoms with Crippen molar-refractivity contribution < 1.29 is 13.2 Å². The van der Waals surface area contributed by atoms with Gasteiger partial charge in [0.15, 0.2) is 5.96 Å². The highest BCUT2D eigenvalue weighted by molar-refractivity contribution is 7.89. The summed E-state index contributed by atoms with van der Waals surface area (Å²) < 4.78 is 31.8. The molecule has 1 fully saturated rings. The van der Waals surface area contributed by atoms with Gasteiger partial charge in [-0.1, -0.05) is 19.1 Å². The Morgan fingerprint density at radius 3 is 2.79 bits per heavy atom. The van der Waals surface area contributed by atoms with Crippen molar-refractivity contribution in [1.82, 2.24) is 15.4 Å². The molecule has 0 saturated heterocycles. The minimum atomic E-state index is -3.52. The Morgan fingerprint density at radius 1 is 1.42 bits per heavy atom. The molecule has 0 spiro atoms. The number of sulfonamides is 1. The van der Waals surface area contributed by atoms with Gasteiger partial charge in [0.2, 0.25) is 10.0 Å². The molecule has 8 heteroatoms. The van der Waals surface area contributed by atoms with Gasteiger partial charge in [-0.05, 0) is 30.0 Å². The van der Waals surface area contributed by atoms with Crippen LogP contribution in [0.25, 0.3) is 0 Å².